The Morgan fingerprint density at radius 3 is 2.86 bits per heavy atom. The van der Waals surface area contributed by atoms with Crippen LogP contribution in [-0.2, 0) is 11.8 Å². The molecule has 1 atom stereocenters. The zero-order chi connectivity index (χ0) is 15.5. The highest BCUT2D eigenvalue weighted by molar-refractivity contribution is 5.97. The number of hydrogen-bond donors (Lipinski definition) is 0. The minimum Gasteiger partial charge on any atom is -0.381 e. The molecule has 0 spiro atoms. The largest absolute Gasteiger partial charge is 0.381 e. The fraction of sp³-hybridized carbons (Fsp3) is 0.500. The predicted molar refractivity (Wildman–Crippen MR) is 83.0 cm³/mol. The van der Waals surface area contributed by atoms with E-state index >= 15 is 0 Å². The molecule has 0 unspecified atom stereocenters. The molecule has 22 heavy (non-hydrogen) atoms. The Kier molecular flexibility index (Phi) is 4.29. The molecule has 6 nitrogen and oxygen atoms in total. The Hall–Kier alpha value is -2.08. The summed E-state index contributed by atoms with van der Waals surface area (Å²) in [4.78, 5) is 14.8. The molecule has 1 fully saturated rings. The van der Waals surface area contributed by atoms with Gasteiger partial charge < -0.3 is 14.2 Å². The molecule has 6 heteroatoms. The SMILES string of the molecule is CCN(C[C@@H]1CCOC1)C(=O)c1cnn(C)c1-n1cccc1. The standard InChI is InChI=1S/C16H22N4O2/c1-3-19(11-13-6-9-22-12-13)16(21)14-10-17-18(2)15(14)20-7-4-5-8-20/h4-5,7-8,10,13H,3,6,9,11-12H2,1-2H3/t13-/m0/s1. The molecule has 2 aromatic rings. The van der Waals surface area contributed by atoms with Gasteiger partial charge in [0.1, 0.15) is 11.4 Å². The summed E-state index contributed by atoms with van der Waals surface area (Å²) in [5.41, 5.74) is 0.638. The van der Waals surface area contributed by atoms with Crippen molar-refractivity contribution in [2.45, 2.75) is 13.3 Å². The van der Waals surface area contributed by atoms with Crippen LogP contribution in [0.5, 0.6) is 0 Å². The van der Waals surface area contributed by atoms with Crippen LogP contribution in [-0.4, -0.2) is 51.5 Å². The molecule has 1 aliphatic rings. The maximum atomic E-state index is 12.9. The highest BCUT2D eigenvalue weighted by atomic mass is 16.5. The lowest BCUT2D eigenvalue weighted by Gasteiger charge is -2.23. The molecule has 0 saturated carbocycles. The van der Waals surface area contributed by atoms with Gasteiger partial charge in [0.15, 0.2) is 0 Å². The second kappa shape index (κ2) is 6.36. The lowest BCUT2D eigenvalue weighted by molar-refractivity contribution is 0.0730. The average molecular weight is 302 g/mol. The van der Waals surface area contributed by atoms with Gasteiger partial charge in [-0.05, 0) is 25.5 Å². The quantitative estimate of drug-likeness (QED) is 0.845. The fourth-order valence-corrected chi connectivity index (χ4v) is 2.93. The van der Waals surface area contributed by atoms with Crippen molar-refractivity contribution in [3.63, 3.8) is 0 Å². The molecule has 3 rings (SSSR count). The molecule has 1 saturated heterocycles. The zero-order valence-corrected chi connectivity index (χ0v) is 13.1. The van der Waals surface area contributed by atoms with Crippen molar-refractivity contribution in [2.75, 3.05) is 26.3 Å². The number of aromatic nitrogens is 3. The van der Waals surface area contributed by atoms with Crippen LogP contribution in [0.2, 0.25) is 0 Å². The summed E-state index contributed by atoms with van der Waals surface area (Å²) in [5.74, 6) is 1.28. The first-order chi connectivity index (χ1) is 10.7. The number of carbonyl (C=O) groups excluding carboxylic acids is 1. The van der Waals surface area contributed by atoms with Gasteiger partial charge >= 0.3 is 0 Å². The van der Waals surface area contributed by atoms with Gasteiger partial charge in [-0.3, -0.25) is 9.48 Å². The van der Waals surface area contributed by atoms with Gasteiger partial charge in [0.2, 0.25) is 0 Å². The minimum atomic E-state index is 0.0335. The molecule has 1 amide bonds. The summed E-state index contributed by atoms with van der Waals surface area (Å²) in [7, 11) is 1.85. The Morgan fingerprint density at radius 2 is 2.23 bits per heavy atom. The molecule has 0 bridgehead atoms. The smallest absolute Gasteiger partial charge is 0.259 e. The molecule has 0 N–H and O–H groups in total. The van der Waals surface area contributed by atoms with E-state index in [0.29, 0.717) is 18.0 Å². The van der Waals surface area contributed by atoms with E-state index in [4.69, 9.17) is 4.74 Å². The Labute approximate surface area is 130 Å². The van der Waals surface area contributed by atoms with E-state index in [9.17, 15) is 4.79 Å². The lowest BCUT2D eigenvalue weighted by Crippen LogP contribution is -2.35. The maximum Gasteiger partial charge on any atom is 0.259 e. The van der Waals surface area contributed by atoms with Crippen LogP contribution in [0.25, 0.3) is 5.82 Å². The topological polar surface area (TPSA) is 52.3 Å². The van der Waals surface area contributed by atoms with Crippen molar-refractivity contribution in [1.82, 2.24) is 19.2 Å². The molecule has 1 aliphatic heterocycles. The third kappa shape index (κ3) is 2.78. The second-order valence-electron chi connectivity index (χ2n) is 5.67. The van der Waals surface area contributed by atoms with Crippen molar-refractivity contribution < 1.29 is 9.53 Å². The molecule has 3 heterocycles. The minimum absolute atomic E-state index is 0.0335. The number of rotatable bonds is 5. The number of carbonyl (C=O) groups is 1. The van der Waals surface area contributed by atoms with Crippen LogP contribution in [0, 0.1) is 5.92 Å². The third-order valence-corrected chi connectivity index (χ3v) is 4.16. The number of ether oxygens (including phenoxy) is 1. The number of hydrogen-bond acceptors (Lipinski definition) is 3. The molecule has 0 aromatic carbocycles. The average Bonchev–Trinajstić information content (AvgIpc) is 3.25. The maximum absolute atomic E-state index is 12.9. The van der Waals surface area contributed by atoms with Gasteiger partial charge in [-0.25, -0.2) is 0 Å². The van der Waals surface area contributed by atoms with Crippen molar-refractivity contribution in [1.29, 1.82) is 0 Å². The van der Waals surface area contributed by atoms with E-state index in [0.717, 1.165) is 32.0 Å². The van der Waals surface area contributed by atoms with Crippen LogP contribution >= 0.6 is 0 Å². The number of nitrogens with zero attached hydrogens (tertiary/aromatic N) is 4. The van der Waals surface area contributed by atoms with Gasteiger partial charge in [0, 0.05) is 45.1 Å². The van der Waals surface area contributed by atoms with Gasteiger partial charge in [-0.2, -0.15) is 5.10 Å². The van der Waals surface area contributed by atoms with Crippen LogP contribution < -0.4 is 0 Å². The Balaban J connectivity index is 1.84. The normalized spacial score (nSPS) is 17.8. The lowest BCUT2D eigenvalue weighted by atomic mass is 10.1. The summed E-state index contributed by atoms with van der Waals surface area (Å²) < 4.78 is 9.08. The van der Waals surface area contributed by atoms with E-state index in [-0.39, 0.29) is 5.91 Å². The highest BCUT2D eigenvalue weighted by Gasteiger charge is 2.25. The van der Waals surface area contributed by atoms with Crippen molar-refractivity contribution in [2.24, 2.45) is 13.0 Å². The van der Waals surface area contributed by atoms with E-state index in [2.05, 4.69) is 5.10 Å². The molecule has 0 radical (unpaired) electrons. The summed E-state index contributed by atoms with van der Waals surface area (Å²) in [6, 6.07) is 3.88. The van der Waals surface area contributed by atoms with Crippen molar-refractivity contribution >= 4 is 5.91 Å². The van der Waals surface area contributed by atoms with Crippen LogP contribution in [0.15, 0.2) is 30.7 Å². The molecular formula is C16H22N4O2. The van der Waals surface area contributed by atoms with Gasteiger partial charge in [0.05, 0.1) is 12.8 Å². The molecule has 118 valence electrons. The van der Waals surface area contributed by atoms with E-state index in [1.165, 1.54) is 0 Å². The first kappa shape index (κ1) is 14.8. The van der Waals surface area contributed by atoms with E-state index in [1.54, 1.807) is 10.9 Å². The monoisotopic (exact) mass is 302 g/mol. The summed E-state index contributed by atoms with van der Waals surface area (Å²) in [6.45, 7) is 5.00. The second-order valence-corrected chi connectivity index (χ2v) is 5.67. The fourth-order valence-electron chi connectivity index (χ4n) is 2.93. The number of amides is 1. The molecule has 2 aromatic heterocycles. The van der Waals surface area contributed by atoms with E-state index in [1.807, 2.05) is 48.0 Å². The Bertz CT molecular complexity index is 627. The van der Waals surface area contributed by atoms with Gasteiger partial charge in [-0.1, -0.05) is 0 Å². The van der Waals surface area contributed by atoms with Crippen molar-refractivity contribution in [3.8, 4) is 5.82 Å². The zero-order valence-electron chi connectivity index (χ0n) is 13.1. The Morgan fingerprint density at radius 1 is 1.45 bits per heavy atom. The van der Waals surface area contributed by atoms with Crippen LogP contribution in [0.3, 0.4) is 0 Å². The first-order valence-corrected chi connectivity index (χ1v) is 7.73. The summed E-state index contributed by atoms with van der Waals surface area (Å²) in [5, 5.41) is 4.27. The highest BCUT2D eigenvalue weighted by Crippen LogP contribution is 2.19. The van der Waals surface area contributed by atoms with Crippen molar-refractivity contribution in [3.05, 3.63) is 36.3 Å². The number of aryl methyl sites for hydroxylation is 1. The third-order valence-electron chi connectivity index (χ3n) is 4.16. The van der Waals surface area contributed by atoms with Crippen LogP contribution in [0.4, 0.5) is 0 Å². The molecule has 0 aliphatic carbocycles. The summed E-state index contributed by atoms with van der Waals surface area (Å²) >= 11 is 0. The summed E-state index contributed by atoms with van der Waals surface area (Å²) in [6.07, 6.45) is 6.54. The first-order valence-electron chi connectivity index (χ1n) is 7.73. The predicted octanol–water partition coefficient (Wildman–Crippen LogP) is 1.71. The van der Waals surface area contributed by atoms with Crippen LogP contribution in [0.1, 0.15) is 23.7 Å². The van der Waals surface area contributed by atoms with E-state index < -0.39 is 0 Å². The molecular weight excluding hydrogens is 280 g/mol. The van der Waals surface area contributed by atoms with Gasteiger partial charge in [0.25, 0.3) is 5.91 Å². The van der Waals surface area contributed by atoms with Gasteiger partial charge in [-0.15, -0.1) is 0 Å².